The number of nitrogens with zero attached hydrogens (tertiary/aromatic N) is 3. The molecule has 2 aromatic heterocycles. The van der Waals surface area contributed by atoms with Crippen molar-refractivity contribution in [3.63, 3.8) is 0 Å². The van der Waals surface area contributed by atoms with E-state index in [1.54, 1.807) is 29.1 Å². The molecule has 4 N–H and O–H groups in total. The molecule has 2 heterocycles. The van der Waals surface area contributed by atoms with Gasteiger partial charge < -0.3 is 15.8 Å². The highest BCUT2D eigenvalue weighted by Gasteiger charge is 2.20. The molecule has 0 aliphatic rings. The molecule has 3 aromatic rings. The summed E-state index contributed by atoms with van der Waals surface area (Å²) in [6.45, 7) is 2.75. The van der Waals surface area contributed by atoms with Crippen molar-refractivity contribution in [2.45, 2.75) is 26.2 Å². The van der Waals surface area contributed by atoms with Gasteiger partial charge in [-0.15, -0.1) is 0 Å². The second-order valence-electron chi connectivity index (χ2n) is 6.61. The van der Waals surface area contributed by atoms with Gasteiger partial charge in [0.05, 0.1) is 11.4 Å². The summed E-state index contributed by atoms with van der Waals surface area (Å²) in [7, 11) is 1.81. The number of aryl methyl sites for hydroxylation is 2. The summed E-state index contributed by atoms with van der Waals surface area (Å²) in [6.07, 6.45) is 3.93. The number of hydrogen-bond donors (Lipinski definition) is 3. The normalized spacial score (nSPS) is 10.9. The van der Waals surface area contributed by atoms with Gasteiger partial charge in [0.15, 0.2) is 11.5 Å². The fraction of sp³-hybridized carbons (Fsp3) is 0.350. The standard InChI is InChI=1S/C20H25FN6O2/c1-3-4-5-15-18(21)19(26-25-15)20(28)24-13-6-7-17(29-11-9-22)14(12-13)16-8-10-23-27(16)2/h6-8,10,12H,3-5,9,11,22H2,1-2H3,(H,24,28)(H,25,26). The van der Waals surface area contributed by atoms with Gasteiger partial charge in [-0.1, -0.05) is 13.3 Å². The van der Waals surface area contributed by atoms with Crippen molar-refractivity contribution < 1.29 is 13.9 Å². The van der Waals surface area contributed by atoms with Gasteiger partial charge in [-0.2, -0.15) is 10.2 Å². The molecule has 9 heteroatoms. The molecular weight excluding hydrogens is 375 g/mol. The quantitative estimate of drug-likeness (QED) is 0.511. The Labute approximate surface area is 168 Å². The number of hydrogen-bond acceptors (Lipinski definition) is 5. The van der Waals surface area contributed by atoms with Crippen LogP contribution in [0.2, 0.25) is 0 Å². The van der Waals surface area contributed by atoms with Crippen LogP contribution in [0.15, 0.2) is 30.5 Å². The van der Waals surface area contributed by atoms with Crippen LogP contribution >= 0.6 is 0 Å². The van der Waals surface area contributed by atoms with Crippen LogP contribution in [0.1, 0.15) is 35.9 Å². The van der Waals surface area contributed by atoms with Crippen LogP contribution in [0.4, 0.5) is 10.1 Å². The third-order valence-corrected chi connectivity index (χ3v) is 4.48. The Bertz CT molecular complexity index is 981. The lowest BCUT2D eigenvalue weighted by molar-refractivity contribution is 0.101. The summed E-state index contributed by atoms with van der Waals surface area (Å²) in [4.78, 5) is 12.5. The zero-order valence-electron chi connectivity index (χ0n) is 16.5. The maximum atomic E-state index is 14.5. The number of nitrogens with two attached hydrogens (primary N) is 1. The highest BCUT2D eigenvalue weighted by Crippen LogP contribution is 2.32. The van der Waals surface area contributed by atoms with Crippen molar-refractivity contribution in [3.05, 3.63) is 47.7 Å². The van der Waals surface area contributed by atoms with Crippen molar-refractivity contribution in [1.82, 2.24) is 20.0 Å². The van der Waals surface area contributed by atoms with Gasteiger partial charge in [0.1, 0.15) is 12.4 Å². The second kappa shape index (κ2) is 9.33. The maximum absolute atomic E-state index is 14.5. The average molecular weight is 400 g/mol. The number of carbonyl (C=O) groups is 1. The lowest BCUT2D eigenvalue weighted by Gasteiger charge is -2.13. The molecule has 8 nitrogen and oxygen atoms in total. The molecule has 0 atom stereocenters. The van der Waals surface area contributed by atoms with Gasteiger partial charge in [0, 0.05) is 31.0 Å². The number of amides is 1. The van der Waals surface area contributed by atoms with E-state index in [2.05, 4.69) is 20.6 Å². The molecule has 1 amide bonds. The van der Waals surface area contributed by atoms with Crippen LogP contribution in [0.25, 0.3) is 11.3 Å². The first-order valence-electron chi connectivity index (χ1n) is 9.54. The van der Waals surface area contributed by atoms with E-state index in [4.69, 9.17) is 10.5 Å². The van der Waals surface area contributed by atoms with E-state index < -0.39 is 11.7 Å². The van der Waals surface area contributed by atoms with Crippen LogP contribution in [0, 0.1) is 5.82 Å². The predicted molar refractivity (Wildman–Crippen MR) is 108 cm³/mol. The summed E-state index contributed by atoms with van der Waals surface area (Å²) in [5.74, 6) is -0.608. The fourth-order valence-electron chi connectivity index (χ4n) is 2.97. The summed E-state index contributed by atoms with van der Waals surface area (Å²) >= 11 is 0. The maximum Gasteiger partial charge on any atom is 0.279 e. The van der Waals surface area contributed by atoms with Crippen molar-refractivity contribution in [1.29, 1.82) is 0 Å². The minimum Gasteiger partial charge on any atom is -0.492 e. The SMILES string of the molecule is CCCCc1[nH]nc(C(=O)Nc2ccc(OCCN)c(-c3ccnn3C)c2)c1F. The molecule has 0 spiro atoms. The largest absolute Gasteiger partial charge is 0.492 e. The molecule has 0 aliphatic carbocycles. The Morgan fingerprint density at radius 1 is 1.38 bits per heavy atom. The van der Waals surface area contributed by atoms with E-state index in [0.717, 1.165) is 24.1 Å². The van der Waals surface area contributed by atoms with E-state index in [1.807, 2.05) is 20.0 Å². The number of aromatic amines is 1. The molecule has 0 aliphatic heterocycles. The molecule has 0 saturated heterocycles. The number of unbranched alkanes of at least 4 members (excludes halogenated alkanes) is 1. The first kappa shape index (κ1) is 20.5. The smallest absolute Gasteiger partial charge is 0.279 e. The Morgan fingerprint density at radius 2 is 2.21 bits per heavy atom. The lowest BCUT2D eigenvalue weighted by Crippen LogP contribution is -2.15. The van der Waals surface area contributed by atoms with Gasteiger partial charge in [-0.25, -0.2) is 4.39 Å². The minimum absolute atomic E-state index is 0.248. The van der Waals surface area contributed by atoms with E-state index in [-0.39, 0.29) is 5.69 Å². The third-order valence-electron chi connectivity index (χ3n) is 4.48. The molecule has 154 valence electrons. The van der Waals surface area contributed by atoms with Gasteiger partial charge >= 0.3 is 0 Å². The zero-order valence-corrected chi connectivity index (χ0v) is 16.5. The Hall–Kier alpha value is -3.20. The molecule has 29 heavy (non-hydrogen) atoms. The number of aromatic nitrogens is 4. The van der Waals surface area contributed by atoms with Gasteiger partial charge in [-0.3, -0.25) is 14.6 Å². The Morgan fingerprint density at radius 3 is 2.90 bits per heavy atom. The summed E-state index contributed by atoms with van der Waals surface area (Å²) in [5.41, 5.74) is 7.67. The highest BCUT2D eigenvalue weighted by atomic mass is 19.1. The third kappa shape index (κ3) is 4.62. The number of carbonyl (C=O) groups excluding carboxylic acids is 1. The number of ether oxygens (including phenoxy) is 1. The van der Waals surface area contributed by atoms with Crippen molar-refractivity contribution in [3.8, 4) is 17.0 Å². The molecule has 0 saturated carbocycles. The Balaban J connectivity index is 1.85. The number of benzene rings is 1. The molecule has 0 unspecified atom stereocenters. The molecule has 0 bridgehead atoms. The van der Waals surface area contributed by atoms with E-state index in [0.29, 0.717) is 36.7 Å². The van der Waals surface area contributed by atoms with Crippen LogP contribution in [-0.2, 0) is 13.5 Å². The van der Waals surface area contributed by atoms with Crippen LogP contribution < -0.4 is 15.8 Å². The fourth-order valence-corrected chi connectivity index (χ4v) is 2.97. The zero-order chi connectivity index (χ0) is 20.8. The van der Waals surface area contributed by atoms with E-state index in [1.165, 1.54) is 0 Å². The number of rotatable bonds is 9. The molecule has 0 fully saturated rings. The predicted octanol–water partition coefficient (Wildman–Crippen LogP) is 2.88. The first-order valence-corrected chi connectivity index (χ1v) is 9.54. The highest BCUT2D eigenvalue weighted by molar-refractivity contribution is 6.03. The van der Waals surface area contributed by atoms with Gasteiger partial charge in [-0.05, 0) is 37.1 Å². The van der Waals surface area contributed by atoms with Crippen molar-refractivity contribution in [2.75, 3.05) is 18.5 Å². The summed E-state index contributed by atoms with van der Waals surface area (Å²) in [5, 5.41) is 13.3. The Kier molecular flexibility index (Phi) is 6.61. The second-order valence-corrected chi connectivity index (χ2v) is 6.61. The topological polar surface area (TPSA) is 111 Å². The number of nitrogens with one attached hydrogen (secondary N) is 2. The molecular formula is C20H25FN6O2. The summed E-state index contributed by atoms with van der Waals surface area (Å²) in [6, 6.07) is 7.01. The van der Waals surface area contributed by atoms with Crippen LogP contribution in [0.3, 0.4) is 0 Å². The molecule has 0 radical (unpaired) electrons. The number of H-pyrrole nitrogens is 1. The van der Waals surface area contributed by atoms with Gasteiger partial charge in [0.2, 0.25) is 0 Å². The van der Waals surface area contributed by atoms with Crippen molar-refractivity contribution in [2.24, 2.45) is 12.8 Å². The van der Waals surface area contributed by atoms with Crippen molar-refractivity contribution >= 4 is 11.6 Å². The van der Waals surface area contributed by atoms with Crippen LogP contribution in [0.5, 0.6) is 5.75 Å². The van der Waals surface area contributed by atoms with Crippen LogP contribution in [-0.4, -0.2) is 39.0 Å². The van der Waals surface area contributed by atoms with Gasteiger partial charge in [0.25, 0.3) is 5.91 Å². The number of halogens is 1. The monoisotopic (exact) mass is 400 g/mol. The molecule has 1 aromatic carbocycles. The molecule has 3 rings (SSSR count). The lowest BCUT2D eigenvalue weighted by atomic mass is 10.1. The average Bonchev–Trinajstić information content (AvgIpc) is 3.30. The minimum atomic E-state index is -0.618. The van der Waals surface area contributed by atoms with E-state index in [9.17, 15) is 9.18 Å². The summed E-state index contributed by atoms with van der Waals surface area (Å²) < 4.78 is 21.9. The first-order chi connectivity index (χ1) is 14.0. The number of anilines is 1. The van der Waals surface area contributed by atoms with E-state index >= 15 is 0 Å².